The van der Waals surface area contributed by atoms with Crippen LogP contribution in [0, 0.1) is 0 Å². The fourth-order valence-electron chi connectivity index (χ4n) is 3.48. The Kier molecular flexibility index (Phi) is 5.30. The lowest BCUT2D eigenvalue weighted by Crippen LogP contribution is -2.37. The number of anilines is 1. The van der Waals surface area contributed by atoms with Gasteiger partial charge in [0.25, 0.3) is 0 Å². The molecule has 1 aliphatic heterocycles. The van der Waals surface area contributed by atoms with E-state index in [9.17, 15) is 9.59 Å². The predicted molar refractivity (Wildman–Crippen MR) is 91.7 cm³/mol. The smallest absolute Gasteiger partial charge is 0.228 e. The third-order valence-electron chi connectivity index (χ3n) is 4.94. The van der Waals surface area contributed by atoms with Crippen molar-refractivity contribution in [1.82, 2.24) is 9.88 Å². The zero-order chi connectivity index (χ0) is 16.2. The number of amides is 2. The number of thiazole rings is 1. The first-order chi connectivity index (χ1) is 11.1. The lowest BCUT2D eigenvalue weighted by molar-refractivity contribution is -0.131. The van der Waals surface area contributed by atoms with Crippen LogP contribution in [0.25, 0.3) is 0 Å². The van der Waals surface area contributed by atoms with Gasteiger partial charge in [-0.2, -0.15) is 0 Å². The largest absolute Gasteiger partial charge is 0.342 e. The van der Waals surface area contributed by atoms with Gasteiger partial charge in [-0.1, -0.05) is 25.7 Å². The van der Waals surface area contributed by atoms with Crippen LogP contribution in [0.5, 0.6) is 0 Å². The van der Waals surface area contributed by atoms with E-state index >= 15 is 0 Å². The molecule has 0 unspecified atom stereocenters. The SMILES string of the molecule is CN(C(=O)Cc1csc(N2CCCC2=O)n1)C1CCCCCC1. The summed E-state index contributed by atoms with van der Waals surface area (Å²) in [5.41, 5.74) is 0.787. The van der Waals surface area contributed by atoms with Crippen LogP contribution in [0.1, 0.15) is 57.1 Å². The van der Waals surface area contributed by atoms with Crippen LogP contribution in [0.4, 0.5) is 5.13 Å². The maximum absolute atomic E-state index is 12.5. The molecule has 0 spiro atoms. The molecule has 1 saturated carbocycles. The normalized spacial score (nSPS) is 19.9. The zero-order valence-electron chi connectivity index (χ0n) is 13.8. The number of hydrogen-bond acceptors (Lipinski definition) is 4. The Morgan fingerprint density at radius 1 is 1.30 bits per heavy atom. The molecule has 2 fully saturated rings. The van der Waals surface area contributed by atoms with Crippen LogP contribution in [-0.2, 0) is 16.0 Å². The van der Waals surface area contributed by atoms with E-state index in [2.05, 4.69) is 4.98 Å². The standard InChI is InChI=1S/C17H25N3O2S/c1-19(14-7-4-2-3-5-8-14)16(22)11-13-12-23-17(18-13)20-10-6-9-15(20)21/h12,14H,2-11H2,1H3. The van der Waals surface area contributed by atoms with Crippen LogP contribution >= 0.6 is 11.3 Å². The quantitative estimate of drug-likeness (QED) is 0.795. The van der Waals surface area contributed by atoms with E-state index in [0.717, 1.165) is 36.6 Å². The van der Waals surface area contributed by atoms with Gasteiger partial charge in [-0.25, -0.2) is 4.98 Å². The molecule has 0 radical (unpaired) electrons. The monoisotopic (exact) mass is 335 g/mol. The Balaban J connectivity index is 1.59. The molecule has 6 heteroatoms. The molecule has 1 aromatic heterocycles. The minimum absolute atomic E-state index is 0.140. The van der Waals surface area contributed by atoms with Gasteiger partial charge in [-0.3, -0.25) is 14.5 Å². The molecule has 0 aromatic carbocycles. The summed E-state index contributed by atoms with van der Waals surface area (Å²) in [5, 5.41) is 2.66. The van der Waals surface area contributed by atoms with Crippen molar-refractivity contribution in [2.75, 3.05) is 18.5 Å². The second-order valence-electron chi connectivity index (χ2n) is 6.60. The average molecular weight is 335 g/mol. The fraction of sp³-hybridized carbons (Fsp3) is 0.706. The average Bonchev–Trinajstić information content (AvgIpc) is 3.07. The van der Waals surface area contributed by atoms with E-state index in [1.807, 2.05) is 17.3 Å². The molecule has 0 bridgehead atoms. The molecule has 23 heavy (non-hydrogen) atoms. The molecular weight excluding hydrogens is 310 g/mol. The molecule has 126 valence electrons. The van der Waals surface area contributed by atoms with E-state index in [0.29, 0.717) is 18.9 Å². The van der Waals surface area contributed by atoms with Crippen molar-refractivity contribution in [1.29, 1.82) is 0 Å². The van der Waals surface area contributed by atoms with Crippen molar-refractivity contribution in [3.63, 3.8) is 0 Å². The molecule has 0 N–H and O–H groups in total. The Bertz CT molecular complexity index is 564. The molecule has 3 rings (SSSR count). The van der Waals surface area contributed by atoms with Crippen LogP contribution in [0.15, 0.2) is 5.38 Å². The summed E-state index contributed by atoms with van der Waals surface area (Å²) in [4.78, 5) is 32.5. The molecule has 2 amide bonds. The van der Waals surface area contributed by atoms with Gasteiger partial charge in [0.15, 0.2) is 5.13 Å². The Morgan fingerprint density at radius 2 is 2.04 bits per heavy atom. The van der Waals surface area contributed by atoms with E-state index in [4.69, 9.17) is 0 Å². The molecule has 2 aliphatic rings. The van der Waals surface area contributed by atoms with Gasteiger partial charge in [-0.05, 0) is 19.3 Å². The van der Waals surface area contributed by atoms with E-state index in [-0.39, 0.29) is 11.8 Å². The number of carbonyl (C=O) groups is 2. The highest BCUT2D eigenvalue weighted by atomic mass is 32.1. The summed E-state index contributed by atoms with van der Waals surface area (Å²) in [6.07, 6.45) is 9.11. The first-order valence-corrected chi connectivity index (χ1v) is 9.53. The van der Waals surface area contributed by atoms with Crippen LogP contribution in [0.3, 0.4) is 0 Å². The summed E-state index contributed by atoms with van der Waals surface area (Å²) >= 11 is 1.47. The lowest BCUT2D eigenvalue weighted by atomic mass is 10.1. The topological polar surface area (TPSA) is 53.5 Å². The third kappa shape index (κ3) is 3.91. The van der Waals surface area contributed by atoms with Crippen LogP contribution in [-0.4, -0.2) is 41.3 Å². The molecule has 1 saturated heterocycles. The van der Waals surface area contributed by atoms with Gasteiger partial charge in [0.05, 0.1) is 12.1 Å². The number of aromatic nitrogens is 1. The Labute approximate surface area is 141 Å². The summed E-state index contributed by atoms with van der Waals surface area (Å²) in [6.45, 7) is 0.752. The van der Waals surface area contributed by atoms with Crippen LogP contribution in [0.2, 0.25) is 0 Å². The summed E-state index contributed by atoms with van der Waals surface area (Å²) in [7, 11) is 1.93. The van der Waals surface area contributed by atoms with Gasteiger partial charge in [0.1, 0.15) is 0 Å². The van der Waals surface area contributed by atoms with Crippen molar-refractivity contribution in [3.8, 4) is 0 Å². The third-order valence-corrected chi connectivity index (χ3v) is 5.85. The Morgan fingerprint density at radius 3 is 2.70 bits per heavy atom. The van der Waals surface area contributed by atoms with E-state index in [1.165, 1.54) is 37.0 Å². The molecule has 2 heterocycles. The van der Waals surface area contributed by atoms with Gasteiger partial charge in [0.2, 0.25) is 11.8 Å². The highest BCUT2D eigenvalue weighted by Crippen LogP contribution is 2.26. The fourth-order valence-corrected chi connectivity index (χ4v) is 4.35. The maximum Gasteiger partial charge on any atom is 0.228 e. The van der Waals surface area contributed by atoms with Crippen molar-refractivity contribution in [3.05, 3.63) is 11.1 Å². The second-order valence-corrected chi connectivity index (χ2v) is 7.43. The van der Waals surface area contributed by atoms with Crippen LogP contribution < -0.4 is 4.90 Å². The molecule has 5 nitrogen and oxygen atoms in total. The van der Waals surface area contributed by atoms with Gasteiger partial charge in [-0.15, -0.1) is 11.3 Å². The first-order valence-electron chi connectivity index (χ1n) is 8.65. The van der Waals surface area contributed by atoms with Crippen molar-refractivity contribution in [2.45, 2.75) is 63.8 Å². The van der Waals surface area contributed by atoms with Crippen molar-refractivity contribution < 1.29 is 9.59 Å². The zero-order valence-corrected chi connectivity index (χ0v) is 14.6. The molecule has 0 atom stereocenters. The predicted octanol–water partition coefficient (Wildman–Crippen LogP) is 2.99. The Hall–Kier alpha value is -1.43. The van der Waals surface area contributed by atoms with Crippen molar-refractivity contribution >= 4 is 28.3 Å². The number of nitrogens with zero attached hydrogens (tertiary/aromatic N) is 3. The maximum atomic E-state index is 12.5. The summed E-state index contributed by atoms with van der Waals surface area (Å²) in [5.74, 6) is 0.286. The van der Waals surface area contributed by atoms with E-state index < -0.39 is 0 Å². The second kappa shape index (κ2) is 7.43. The first kappa shape index (κ1) is 16.4. The van der Waals surface area contributed by atoms with Gasteiger partial charge < -0.3 is 4.90 Å². The van der Waals surface area contributed by atoms with Gasteiger partial charge >= 0.3 is 0 Å². The lowest BCUT2D eigenvalue weighted by Gasteiger charge is -2.27. The highest BCUT2D eigenvalue weighted by molar-refractivity contribution is 7.14. The molecular formula is C17H25N3O2S. The van der Waals surface area contributed by atoms with E-state index in [1.54, 1.807) is 4.90 Å². The highest BCUT2D eigenvalue weighted by Gasteiger charge is 2.25. The minimum atomic E-state index is 0.140. The molecule has 1 aliphatic carbocycles. The van der Waals surface area contributed by atoms with Gasteiger partial charge in [0, 0.05) is 31.4 Å². The van der Waals surface area contributed by atoms with Crippen molar-refractivity contribution in [2.24, 2.45) is 0 Å². The summed E-state index contributed by atoms with van der Waals surface area (Å²) < 4.78 is 0. The molecule has 1 aromatic rings. The number of hydrogen-bond donors (Lipinski definition) is 0. The number of rotatable bonds is 4. The number of carbonyl (C=O) groups excluding carboxylic acids is 2. The summed E-state index contributed by atoms with van der Waals surface area (Å²) in [6, 6.07) is 0.378. The minimum Gasteiger partial charge on any atom is -0.342 e. The number of likely N-dealkylation sites (N-methyl/N-ethyl adjacent to an activating group) is 1.